The summed E-state index contributed by atoms with van der Waals surface area (Å²) in [7, 11) is -3.19. The van der Waals surface area contributed by atoms with E-state index < -0.39 is 9.84 Å². The molecule has 1 saturated carbocycles. The van der Waals surface area contributed by atoms with Crippen molar-refractivity contribution in [1.29, 1.82) is 0 Å². The summed E-state index contributed by atoms with van der Waals surface area (Å²) in [5.74, 6) is 0. The minimum absolute atomic E-state index is 0.0466. The maximum Gasteiger partial charge on any atom is 0.178 e. The Hall–Kier alpha value is -0.880. The lowest BCUT2D eigenvalue weighted by molar-refractivity contribution is 0.153. The summed E-state index contributed by atoms with van der Waals surface area (Å²) >= 11 is 0. The van der Waals surface area contributed by atoms with Gasteiger partial charge in [-0.1, -0.05) is 13.8 Å². The second-order valence-electron chi connectivity index (χ2n) is 6.07. The van der Waals surface area contributed by atoms with E-state index in [-0.39, 0.29) is 22.4 Å². The summed E-state index contributed by atoms with van der Waals surface area (Å²) < 4.78 is 24.6. The first kappa shape index (κ1) is 13.5. The van der Waals surface area contributed by atoms with Crippen LogP contribution in [-0.4, -0.2) is 30.5 Å². The highest BCUT2D eigenvalue weighted by Crippen LogP contribution is 2.40. The van der Waals surface area contributed by atoms with Crippen LogP contribution < -0.4 is 5.73 Å². The molecule has 0 amide bonds. The summed E-state index contributed by atoms with van der Waals surface area (Å²) in [6.07, 6.45) is 7.18. The van der Waals surface area contributed by atoms with Crippen LogP contribution in [-0.2, 0) is 9.84 Å². The highest BCUT2D eigenvalue weighted by atomic mass is 32.2. The Morgan fingerprint density at radius 2 is 2.17 bits per heavy atom. The van der Waals surface area contributed by atoms with Gasteiger partial charge in [0.15, 0.2) is 9.84 Å². The van der Waals surface area contributed by atoms with Crippen LogP contribution >= 0.6 is 0 Å². The fourth-order valence-corrected chi connectivity index (χ4v) is 3.09. The molecule has 0 bridgehead atoms. The Labute approximate surface area is 108 Å². The molecule has 2 N–H and O–H groups in total. The molecule has 1 aromatic rings. The second kappa shape index (κ2) is 4.35. The summed E-state index contributed by atoms with van der Waals surface area (Å²) in [5.41, 5.74) is 6.37. The van der Waals surface area contributed by atoms with E-state index in [1.54, 1.807) is 10.9 Å². The summed E-state index contributed by atoms with van der Waals surface area (Å²) in [6, 6.07) is 0.134. The van der Waals surface area contributed by atoms with Crippen molar-refractivity contribution in [1.82, 2.24) is 9.78 Å². The van der Waals surface area contributed by atoms with Crippen LogP contribution in [0.25, 0.3) is 0 Å². The second-order valence-corrected chi connectivity index (χ2v) is 8.08. The van der Waals surface area contributed by atoms with Crippen LogP contribution in [0.3, 0.4) is 0 Å². The maximum atomic E-state index is 11.5. The van der Waals surface area contributed by atoms with Gasteiger partial charge < -0.3 is 5.73 Å². The number of nitrogens with zero attached hydrogens (tertiary/aromatic N) is 2. The predicted octanol–water partition coefficient (Wildman–Crippen LogP) is 1.37. The molecule has 0 spiro atoms. The van der Waals surface area contributed by atoms with Gasteiger partial charge in [0.25, 0.3) is 0 Å². The van der Waals surface area contributed by atoms with Crippen LogP contribution in [0.1, 0.15) is 39.2 Å². The van der Waals surface area contributed by atoms with Gasteiger partial charge in [-0.25, -0.2) is 8.42 Å². The number of aromatic nitrogens is 2. The van der Waals surface area contributed by atoms with Crippen molar-refractivity contribution in [3.8, 4) is 0 Å². The van der Waals surface area contributed by atoms with Crippen LogP contribution in [0, 0.1) is 5.41 Å². The lowest BCUT2D eigenvalue weighted by Gasteiger charge is -2.39. The molecular weight excluding hydrogens is 250 g/mol. The lowest BCUT2D eigenvalue weighted by Crippen LogP contribution is -2.40. The number of rotatable bonds is 2. The van der Waals surface area contributed by atoms with Crippen molar-refractivity contribution >= 4 is 9.84 Å². The summed E-state index contributed by atoms with van der Waals surface area (Å²) in [6.45, 7) is 4.43. The molecular formula is C12H21N3O2S. The van der Waals surface area contributed by atoms with Crippen molar-refractivity contribution in [3.05, 3.63) is 12.4 Å². The highest BCUT2D eigenvalue weighted by molar-refractivity contribution is 7.90. The van der Waals surface area contributed by atoms with Crippen LogP contribution in [0.4, 0.5) is 0 Å². The third-order valence-electron chi connectivity index (χ3n) is 3.76. The Balaban J connectivity index is 2.28. The number of hydrogen-bond donors (Lipinski definition) is 1. The first-order valence-corrected chi connectivity index (χ1v) is 8.08. The van der Waals surface area contributed by atoms with Crippen LogP contribution in [0.15, 0.2) is 17.3 Å². The number of nitrogens with two attached hydrogens (primary N) is 1. The summed E-state index contributed by atoms with van der Waals surface area (Å²) in [4.78, 5) is 0.262. The van der Waals surface area contributed by atoms with E-state index in [0.29, 0.717) is 0 Å². The van der Waals surface area contributed by atoms with Gasteiger partial charge in [-0.15, -0.1) is 0 Å². The number of sulfone groups is 1. The zero-order chi connectivity index (χ0) is 13.6. The van der Waals surface area contributed by atoms with Crippen LogP contribution in [0.2, 0.25) is 0 Å². The summed E-state index contributed by atoms with van der Waals surface area (Å²) in [5, 5.41) is 4.18. The molecule has 0 radical (unpaired) electrons. The average Bonchev–Trinajstić information content (AvgIpc) is 2.70. The molecule has 0 aliphatic heterocycles. The van der Waals surface area contributed by atoms with Gasteiger partial charge in [0, 0.05) is 18.5 Å². The molecule has 5 nitrogen and oxygen atoms in total. The van der Waals surface area contributed by atoms with E-state index in [9.17, 15) is 8.42 Å². The normalized spacial score (nSPS) is 28.2. The molecule has 0 saturated heterocycles. The molecule has 0 aromatic carbocycles. The smallest absolute Gasteiger partial charge is 0.178 e. The molecule has 1 aliphatic rings. The quantitative estimate of drug-likeness (QED) is 0.881. The van der Waals surface area contributed by atoms with Gasteiger partial charge in [0.05, 0.1) is 12.2 Å². The SMILES string of the molecule is CC1(C)CCC(N)C(n2cc(S(C)(=O)=O)cn2)C1. The average molecular weight is 271 g/mol. The minimum Gasteiger partial charge on any atom is -0.326 e. The van der Waals surface area contributed by atoms with E-state index in [1.165, 1.54) is 12.5 Å². The minimum atomic E-state index is -3.19. The molecule has 2 rings (SSSR count). The van der Waals surface area contributed by atoms with Crippen molar-refractivity contribution in [3.63, 3.8) is 0 Å². The van der Waals surface area contributed by atoms with E-state index >= 15 is 0 Å². The molecule has 1 heterocycles. The molecule has 18 heavy (non-hydrogen) atoms. The van der Waals surface area contributed by atoms with E-state index in [2.05, 4.69) is 18.9 Å². The van der Waals surface area contributed by atoms with E-state index in [1.807, 2.05) is 0 Å². The van der Waals surface area contributed by atoms with Gasteiger partial charge >= 0.3 is 0 Å². The van der Waals surface area contributed by atoms with Gasteiger partial charge in [0.1, 0.15) is 4.90 Å². The maximum absolute atomic E-state index is 11.5. The topological polar surface area (TPSA) is 78.0 Å². The van der Waals surface area contributed by atoms with Crippen molar-refractivity contribution in [2.45, 2.75) is 50.1 Å². The first-order valence-electron chi connectivity index (χ1n) is 6.19. The van der Waals surface area contributed by atoms with Gasteiger partial charge in [-0.3, -0.25) is 4.68 Å². The standard InChI is InChI=1S/C12H21N3O2S/c1-12(2)5-4-10(13)11(6-12)15-8-9(7-14-15)18(3,16)17/h7-8,10-11H,4-6,13H2,1-3H3. The Morgan fingerprint density at radius 1 is 1.50 bits per heavy atom. The molecule has 1 fully saturated rings. The molecule has 6 heteroatoms. The first-order chi connectivity index (χ1) is 8.19. The molecule has 102 valence electrons. The molecule has 1 aromatic heterocycles. The molecule has 1 aliphatic carbocycles. The monoisotopic (exact) mass is 271 g/mol. The van der Waals surface area contributed by atoms with E-state index in [0.717, 1.165) is 19.3 Å². The predicted molar refractivity (Wildman–Crippen MR) is 70.0 cm³/mol. The third-order valence-corrected chi connectivity index (χ3v) is 4.82. The third kappa shape index (κ3) is 2.75. The Morgan fingerprint density at radius 3 is 2.72 bits per heavy atom. The highest BCUT2D eigenvalue weighted by Gasteiger charge is 2.34. The lowest BCUT2D eigenvalue weighted by atomic mass is 9.73. The van der Waals surface area contributed by atoms with Gasteiger partial charge in [0.2, 0.25) is 0 Å². The van der Waals surface area contributed by atoms with Crippen molar-refractivity contribution in [2.75, 3.05) is 6.26 Å². The molecule has 2 unspecified atom stereocenters. The van der Waals surface area contributed by atoms with Gasteiger partial charge in [-0.05, 0) is 24.7 Å². The Kier molecular flexibility index (Phi) is 3.27. The zero-order valence-electron chi connectivity index (χ0n) is 11.1. The van der Waals surface area contributed by atoms with Crippen LogP contribution in [0.5, 0.6) is 0 Å². The van der Waals surface area contributed by atoms with E-state index in [4.69, 9.17) is 5.73 Å². The Bertz CT molecular complexity index is 533. The van der Waals surface area contributed by atoms with Crippen molar-refractivity contribution in [2.24, 2.45) is 11.1 Å². The van der Waals surface area contributed by atoms with Crippen molar-refractivity contribution < 1.29 is 8.42 Å². The zero-order valence-corrected chi connectivity index (χ0v) is 11.9. The largest absolute Gasteiger partial charge is 0.326 e. The fourth-order valence-electron chi connectivity index (χ4n) is 2.55. The van der Waals surface area contributed by atoms with Gasteiger partial charge in [-0.2, -0.15) is 5.10 Å². The fraction of sp³-hybridized carbons (Fsp3) is 0.750. The number of hydrogen-bond acceptors (Lipinski definition) is 4. The molecule has 2 atom stereocenters.